The summed E-state index contributed by atoms with van der Waals surface area (Å²) >= 11 is 4.50. The van der Waals surface area contributed by atoms with E-state index in [0.29, 0.717) is 11.3 Å². The first-order valence-corrected chi connectivity index (χ1v) is 6.87. The van der Waals surface area contributed by atoms with Crippen molar-refractivity contribution in [3.8, 4) is 0 Å². The second-order valence-corrected chi connectivity index (χ2v) is 6.28. The normalized spacial score (nSPS) is 13.5. The highest BCUT2D eigenvalue weighted by atomic mass is 32.1. The van der Waals surface area contributed by atoms with Gasteiger partial charge in [0.2, 0.25) is 0 Å². The van der Waals surface area contributed by atoms with Crippen LogP contribution in [0.1, 0.15) is 26.3 Å². The molecule has 96 valence electrons. The lowest BCUT2D eigenvalue weighted by atomic mass is 9.81. The molecule has 0 saturated carbocycles. The molecule has 1 aromatic rings. The Balaban J connectivity index is 2.78. The number of anilines is 1. The molecule has 0 fully saturated rings. The number of hydrogen-bond donors (Lipinski definition) is 1. The summed E-state index contributed by atoms with van der Waals surface area (Å²) in [6.07, 6.45) is 0. The lowest BCUT2D eigenvalue weighted by Gasteiger charge is -2.34. The summed E-state index contributed by atoms with van der Waals surface area (Å²) in [6, 6.07) is 8.55. The SMILES string of the molecule is Cc1ccccc1N(C)CC(CS)C(C)(C)C. The molecule has 0 bridgehead atoms. The molecular weight excluding hydrogens is 226 g/mol. The molecule has 0 aromatic heterocycles. The number of para-hydroxylation sites is 1. The Morgan fingerprint density at radius 3 is 2.29 bits per heavy atom. The molecule has 2 heteroatoms. The predicted octanol–water partition coefficient (Wildman–Crippen LogP) is 4.02. The minimum absolute atomic E-state index is 0.304. The van der Waals surface area contributed by atoms with E-state index in [1.165, 1.54) is 11.3 Å². The van der Waals surface area contributed by atoms with Gasteiger partial charge in [-0.05, 0) is 35.6 Å². The van der Waals surface area contributed by atoms with Crippen LogP contribution in [0, 0.1) is 18.3 Å². The number of hydrogen-bond acceptors (Lipinski definition) is 2. The highest BCUT2D eigenvalue weighted by molar-refractivity contribution is 7.80. The Kier molecular flexibility index (Phi) is 4.93. The molecule has 0 aliphatic heterocycles. The Morgan fingerprint density at radius 2 is 1.82 bits per heavy atom. The van der Waals surface area contributed by atoms with Crippen molar-refractivity contribution >= 4 is 18.3 Å². The number of rotatable bonds is 4. The molecule has 0 aliphatic carbocycles. The molecule has 0 N–H and O–H groups in total. The van der Waals surface area contributed by atoms with Crippen LogP contribution in [-0.2, 0) is 0 Å². The summed E-state index contributed by atoms with van der Waals surface area (Å²) < 4.78 is 0. The fourth-order valence-electron chi connectivity index (χ4n) is 2.03. The maximum atomic E-state index is 4.50. The first-order valence-electron chi connectivity index (χ1n) is 6.24. The van der Waals surface area contributed by atoms with Crippen LogP contribution in [0.4, 0.5) is 5.69 Å². The number of nitrogens with zero attached hydrogens (tertiary/aromatic N) is 1. The van der Waals surface area contributed by atoms with Gasteiger partial charge in [-0.15, -0.1) is 0 Å². The van der Waals surface area contributed by atoms with E-state index in [-0.39, 0.29) is 0 Å². The van der Waals surface area contributed by atoms with Crippen molar-refractivity contribution in [1.82, 2.24) is 0 Å². The van der Waals surface area contributed by atoms with E-state index in [9.17, 15) is 0 Å². The molecule has 0 aliphatic rings. The first-order chi connectivity index (χ1) is 7.86. The van der Waals surface area contributed by atoms with Crippen LogP contribution < -0.4 is 4.90 Å². The lowest BCUT2D eigenvalue weighted by Crippen LogP contribution is -2.34. The molecule has 1 atom stereocenters. The predicted molar refractivity (Wildman–Crippen MR) is 81.2 cm³/mol. The minimum Gasteiger partial charge on any atom is -0.374 e. The van der Waals surface area contributed by atoms with Crippen LogP contribution >= 0.6 is 12.6 Å². The van der Waals surface area contributed by atoms with Gasteiger partial charge >= 0.3 is 0 Å². The van der Waals surface area contributed by atoms with Crippen LogP contribution in [0.25, 0.3) is 0 Å². The smallest absolute Gasteiger partial charge is 0.0393 e. The summed E-state index contributed by atoms with van der Waals surface area (Å²) in [4.78, 5) is 2.35. The minimum atomic E-state index is 0.304. The van der Waals surface area contributed by atoms with Gasteiger partial charge < -0.3 is 4.90 Å². The fraction of sp³-hybridized carbons (Fsp3) is 0.600. The molecule has 0 spiro atoms. The second kappa shape index (κ2) is 5.81. The quantitative estimate of drug-likeness (QED) is 0.791. The van der Waals surface area contributed by atoms with Gasteiger partial charge in [-0.25, -0.2) is 0 Å². The second-order valence-electron chi connectivity index (χ2n) is 5.91. The summed E-state index contributed by atoms with van der Waals surface area (Å²) in [5.74, 6) is 1.52. The van der Waals surface area contributed by atoms with E-state index in [1.54, 1.807) is 0 Å². The maximum Gasteiger partial charge on any atom is 0.0393 e. The Labute approximate surface area is 112 Å². The molecule has 0 amide bonds. The van der Waals surface area contributed by atoms with Crippen molar-refractivity contribution < 1.29 is 0 Å². The monoisotopic (exact) mass is 251 g/mol. The van der Waals surface area contributed by atoms with Crippen LogP contribution in [-0.4, -0.2) is 19.3 Å². The third-order valence-electron chi connectivity index (χ3n) is 3.47. The molecule has 0 radical (unpaired) electrons. The topological polar surface area (TPSA) is 3.24 Å². The average Bonchev–Trinajstić information content (AvgIpc) is 2.24. The van der Waals surface area contributed by atoms with Crippen molar-refractivity contribution in [2.24, 2.45) is 11.3 Å². The average molecular weight is 251 g/mol. The van der Waals surface area contributed by atoms with Gasteiger partial charge in [0.15, 0.2) is 0 Å². The molecule has 0 heterocycles. The third-order valence-corrected chi connectivity index (χ3v) is 3.91. The van der Waals surface area contributed by atoms with Crippen molar-refractivity contribution in [3.63, 3.8) is 0 Å². The Morgan fingerprint density at radius 1 is 1.24 bits per heavy atom. The van der Waals surface area contributed by atoms with Crippen molar-refractivity contribution in [2.45, 2.75) is 27.7 Å². The third kappa shape index (κ3) is 3.95. The molecule has 1 rings (SSSR count). The van der Waals surface area contributed by atoms with E-state index < -0.39 is 0 Å². The van der Waals surface area contributed by atoms with Gasteiger partial charge in [0.25, 0.3) is 0 Å². The van der Waals surface area contributed by atoms with Crippen LogP contribution in [0.2, 0.25) is 0 Å². The summed E-state index contributed by atoms with van der Waals surface area (Å²) in [5.41, 5.74) is 2.96. The molecule has 0 saturated heterocycles. The summed E-state index contributed by atoms with van der Waals surface area (Å²) in [7, 11) is 2.17. The van der Waals surface area contributed by atoms with Gasteiger partial charge in [0, 0.05) is 19.3 Å². The zero-order valence-corrected chi connectivity index (χ0v) is 12.6. The van der Waals surface area contributed by atoms with Gasteiger partial charge in [-0.1, -0.05) is 39.0 Å². The first kappa shape index (κ1) is 14.4. The summed E-state index contributed by atoms with van der Waals surface area (Å²) in [6.45, 7) is 10.1. The maximum absolute atomic E-state index is 4.50. The highest BCUT2D eigenvalue weighted by Crippen LogP contribution is 2.29. The zero-order chi connectivity index (χ0) is 13.1. The van der Waals surface area contributed by atoms with Crippen LogP contribution in [0.3, 0.4) is 0 Å². The van der Waals surface area contributed by atoms with Crippen molar-refractivity contribution in [3.05, 3.63) is 29.8 Å². The zero-order valence-electron chi connectivity index (χ0n) is 11.7. The van der Waals surface area contributed by atoms with Crippen molar-refractivity contribution in [2.75, 3.05) is 24.2 Å². The van der Waals surface area contributed by atoms with E-state index in [1.807, 2.05) is 0 Å². The van der Waals surface area contributed by atoms with Crippen molar-refractivity contribution in [1.29, 1.82) is 0 Å². The Hall–Kier alpha value is -0.630. The summed E-state index contributed by atoms with van der Waals surface area (Å²) in [5, 5.41) is 0. The van der Waals surface area contributed by atoms with E-state index in [4.69, 9.17) is 0 Å². The van der Waals surface area contributed by atoms with E-state index in [0.717, 1.165) is 12.3 Å². The van der Waals surface area contributed by atoms with Gasteiger partial charge in [0.1, 0.15) is 0 Å². The molecule has 1 aromatic carbocycles. The molecule has 1 unspecified atom stereocenters. The van der Waals surface area contributed by atoms with Gasteiger partial charge in [0.05, 0.1) is 0 Å². The molecule has 1 nitrogen and oxygen atoms in total. The van der Waals surface area contributed by atoms with E-state index in [2.05, 4.69) is 76.5 Å². The largest absolute Gasteiger partial charge is 0.374 e. The van der Waals surface area contributed by atoms with Crippen LogP contribution in [0.5, 0.6) is 0 Å². The standard InChI is InChI=1S/C15H25NS/c1-12-8-6-7-9-14(12)16(5)10-13(11-17)15(2,3)4/h6-9,13,17H,10-11H2,1-5H3. The van der Waals surface area contributed by atoms with E-state index >= 15 is 0 Å². The number of aryl methyl sites for hydroxylation is 1. The Bertz CT molecular complexity index is 354. The number of benzene rings is 1. The number of thiol groups is 1. The van der Waals surface area contributed by atoms with Crippen LogP contribution in [0.15, 0.2) is 24.3 Å². The molecule has 17 heavy (non-hydrogen) atoms. The van der Waals surface area contributed by atoms with Gasteiger partial charge in [-0.3, -0.25) is 0 Å². The lowest BCUT2D eigenvalue weighted by molar-refractivity contribution is 0.272. The molecular formula is C15H25NS. The highest BCUT2D eigenvalue weighted by Gasteiger charge is 2.24. The fourth-order valence-corrected chi connectivity index (χ4v) is 2.69. The van der Waals surface area contributed by atoms with Gasteiger partial charge in [-0.2, -0.15) is 12.6 Å².